The van der Waals surface area contributed by atoms with Crippen molar-refractivity contribution in [3.63, 3.8) is 0 Å². The molecule has 1 saturated heterocycles. The van der Waals surface area contributed by atoms with Gasteiger partial charge in [0.2, 0.25) is 5.82 Å². The standard InChI is InChI=1S/C21H20F5N3O4/c1-9-14(11-4-5-12(22)15(23)16(11)32-3)17(33-20(9,2)21(24,25)26)19(31)29-10-6-7-28-13(8-10)18(27)30/h4-9,14,17H,1-3H3,(H2,27,30)(H,28,29,31)/t9-,14-,17-,20-/m1/s1/i8D. The number of benzene rings is 1. The first-order valence-corrected chi connectivity index (χ1v) is 9.57. The van der Waals surface area contributed by atoms with Crippen molar-refractivity contribution >= 4 is 17.5 Å². The SMILES string of the molecule is [2H]c1c(NC(=O)[C@@H]2O[C@@](C)(C(F)(F)F)[C@H](C)[C@@H]2c2ccc(F)c(F)c2OC)ccnc1C(N)=O. The Morgan fingerprint density at radius 2 is 1.97 bits per heavy atom. The van der Waals surface area contributed by atoms with Gasteiger partial charge >= 0.3 is 6.18 Å². The molecule has 4 atom stereocenters. The molecule has 2 aromatic rings. The van der Waals surface area contributed by atoms with Crippen LogP contribution in [0.15, 0.2) is 30.4 Å². The zero-order valence-electron chi connectivity index (χ0n) is 18.6. The van der Waals surface area contributed by atoms with Gasteiger partial charge in [-0.25, -0.2) is 4.39 Å². The molecule has 2 amide bonds. The van der Waals surface area contributed by atoms with E-state index in [0.717, 1.165) is 32.4 Å². The molecule has 178 valence electrons. The number of ether oxygens (including phenoxy) is 2. The first-order valence-electron chi connectivity index (χ1n) is 10.1. The lowest BCUT2D eigenvalue weighted by Crippen LogP contribution is -2.47. The second kappa shape index (κ2) is 8.58. The van der Waals surface area contributed by atoms with E-state index in [-0.39, 0.29) is 11.3 Å². The molecule has 1 aromatic heterocycles. The lowest BCUT2D eigenvalue weighted by molar-refractivity contribution is -0.272. The number of anilines is 1. The molecule has 1 fully saturated rings. The van der Waals surface area contributed by atoms with Crippen LogP contribution in [0.1, 0.15) is 37.2 Å². The minimum atomic E-state index is -4.93. The number of carbonyl (C=O) groups excluding carboxylic acids is 2. The van der Waals surface area contributed by atoms with Crippen LogP contribution in [0, 0.1) is 17.6 Å². The maximum Gasteiger partial charge on any atom is 0.417 e. The number of nitrogens with zero attached hydrogens (tertiary/aromatic N) is 1. The Labute approximate surface area is 186 Å². The number of nitrogens with two attached hydrogens (primary N) is 1. The molecule has 2 heterocycles. The van der Waals surface area contributed by atoms with E-state index in [1.165, 1.54) is 6.92 Å². The van der Waals surface area contributed by atoms with Gasteiger partial charge in [0.25, 0.3) is 11.8 Å². The van der Waals surface area contributed by atoms with Crippen molar-refractivity contribution in [3.8, 4) is 5.75 Å². The quantitative estimate of drug-likeness (QED) is 0.646. The van der Waals surface area contributed by atoms with Crippen LogP contribution < -0.4 is 15.8 Å². The van der Waals surface area contributed by atoms with E-state index in [4.69, 9.17) is 16.6 Å². The molecule has 3 rings (SSSR count). The molecule has 0 unspecified atom stereocenters. The third kappa shape index (κ3) is 4.22. The van der Waals surface area contributed by atoms with Gasteiger partial charge in [-0.1, -0.05) is 13.0 Å². The predicted molar refractivity (Wildman–Crippen MR) is 106 cm³/mol. The van der Waals surface area contributed by atoms with Crippen LogP contribution in [0.5, 0.6) is 5.75 Å². The highest BCUT2D eigenvalue weighted by Gasteiger charge is 2.65. The van der Waals surface area contributed by atoms with Gasteiger partial charge in [0.1, 0.15) is 11.8 Å². The Kier molecular flexibility index (Phi) is 5.95. The molecular weight excluding hydrogens is 453 g/mol. The van der Waals surface area contributed by atoms with Gasteiger partial charge in [-0.15, -0.1) is 0 Å². The molecule has 0 bridgehead atoms. The Morgan fingerprint density at radius 1 is 1.30 bits per heavy atom. The fraction of sp³-hybridized carbons (Fsp3) is 0.381. The number of primary amides is 1. The van der Waals surface area contributed by atoms with Gasteiger partial charge < -0.3 is 20.5 Å². The van der Waals surface area contributed by atoms with E-state index in [1.54, 1.807) is 0 Å². The topological polar surface area (TPSA) is 104 Å². The Balaban J connectivity index is 2.11. The summed E-state index contributed by atoms with van der Waals surface area (Å²) in [5.74, 6) is -8.43. The zero-order chi connectivity index (χ0) is 25.6. The molecule has 0 spiro atoms. The molecular formula is C21H20F5N3O4. The van der Waals surface area contributed by atoms with Crippen LogP contribution in [0.2, 0.25) is 0 Å². The number of nitrogens with one attached hydrogen (secondary N) is 1. The Morgan fingerprint density at radius 3 is 2.55 bits per heavy atom. The summed E-state index contributed by atoms with van der Waals surface area (Å²) in [4.78, 5) is 28.2. The number of hydrogen-bond acceptors (Lipinski definition) is 5. The number of pyridine rings is 1. The van der Waals surface area contributed by atoms with Gasteiger partial charge in [-0.2, -0.15) is 17.6 Å². The van der Waals surface area contributed by atoms with Crippen LogP contribution in [0.4, 0.5) is 27.6 Å². The predicted octanol–water partition coefficient (Wildman–Crippen LogP) is 3.55. The fourth-order valence-electron chi connectivity index (χ4n) is 3.83. The molecule has 1 aromatic carbocycles. The van der Waals surface area contributed by atoms with E-state index in [2.05, 4.69) is 10.3 Å². The molecule has 33 heavy (non-hydrogen) atoms. The van der Waals surface area contributed by atoms with Crippen LogP contribution in [0.25, 0.3) is 0 Å². The Bertz CT molecular complexity index is 1150. The van der Waals surface area contributed by atoms with Crippen molar-refractivity contribution in [3.05, 3.63) is 53.3 Å². The third-order valence-corrected chi connectivity index (χ3v) is 5.76. The average Bonchev–Trinajstić information content (AvgIpc) is 3.03. The summed E-state index contributed by atoms with van der Waals surface area (Å²) in [7, 11) is 1.01. The molecule has 7 nitrogen and oxygen atoms in total. The lowest BCUT2D eigenvalue weighted by Gasteiger charge is -2.32. The van der Waals surface area contributed by atoms with E-state index in [0.29, 0.717) is 6.07 Å². The maximum atomic E-state index is 14.4. The monoisotopic (exact) mass is 474 g/mol. The number of halogens is 5. The van der Waals surface area contributed by atoms with Crippen LogP contribution >= 0.6 is 0 Å². The minimum Gasteiger partial charge on any atom is -0.493 e. The molecule has 1 aliphatic heterocycles. The number of hydrogen-bond donors (Lipinski definition) is 2. The fourth-order valence-corrected chi connectivity index (χ4v) is 3.83. The van der Waals surface area contributed by atoms with E-state index >= 15 is 0 Å². The smallest absolute Gasteiger partial charge is 0.417 e. The molecule has 1 aliphatic rings. The van der Waals surface area contributed by atoms with Crippen LogP contribution in [-0.2, 0) is 9.53 Å². The van der Waals surface area contributed by atoms with Gasteiger partial charge in [0, 0.05) is 29.3 Å². The Hall–Kier alpha value is -3.28. The van der Waals surface area contributed by atoms with Crippen molar-refractivity contribution in [1.29, 1.82) is 0 Å². The summed E-state index contributed by atoms with van der Waals surface area (Å²) in [5, 5.41) is 2.25. The first-order chi connectivity index (χ1) is 15.7. The summed E-state index contributed by atoms with van der Waals surface area (Å²) in [6.07, 6.45) is -5.71. The third-order valence-electron chi connectivity index (χ3n) is 5.76. The number of alkyl halides is 3. The lowest BCUT2D eigenvalue weighted by atomic mass is 9.77. The maximum absolute atomic E-state index is 14.4. The zero-order valence-corrected chi connectivity index (χ0v) is 17.6. The van der Waals surface area contributed by atoms with E-state index in [9.17, 15) is 31.5 Å². The summed E-state index contributed by atoms with van der Waals surface area (Å²) < 4.78 is 88.2. The number of aromatic nitrogens is 1. The van der Waals surface area contributed by atoms with E-state index < -0.39 is 70.7 Å². The average molecular weight is 474 g/mol. The highest BCUT2D eigenvalue weighted by atomic mass is 19.4. The van der Waals surface area contributed by atoms with Gasteiger partial charge in [-0.05, 0) is 25.1 Å². The van der Waals surface area contributed by atoms with Crippen molar-refractivity contribution in [2.75, 3.05) is 12.4 Å². The summed E-state index contributed by atoms with van der Waals surface area (Å²) in [5.41, 5.74) is 1.35. The number of carbonyl (C=O) groups is 2. The number of rotatable bonds is 5. The van der Waals surface area contributed by atoms with Crippen molar-refractivity contribution < 1.29 is 42.4 Å². The second-order valence-corrected chi connectivity index (χ2v) is 7.63. The number of methoxy groups -OCH3 is 1. The second-order valence-electron chi connectivity index (χ2n) is 7.63. The molecule has 0 aliphatic carbocycles. The molecule has 0 radical (unpaired) electrons. The van der Waals surface area contributed by atoms with Crippen molar-refractivity contribution in [2.24, 2.45) is 11.7 Å². The van der Waals surface area contributed by atoms with Crippen LogP contribution in [0.3, 0.4) is 0 Å². The van der Waals surface area contributed by atoms with Gasteiger partial charge in [-0.3, -0.25) is 14.6 Å². The normalized spacial score (nSPS) is 25.5. The number of amides is 2. The van der Waals surface area contributed by atoms with Crippen LogP contribution in [-0.4, -0.2) is 41.8 Å². The summed E-state index contributed by atoms with van der Waals surface area (Å²) in [6.45, 7) is 1.91. The largest absolute Gasteiger partial charge is 0.493 e. The van der Waals surface area contributed by atoms with Gasteiger partial charge in [0.15, 0.2) is 17.2 Å². The van der Waals surface area contributed by atoms with Crippen molar-refractivity contribution in [2.45, 2.75) is 37.6 Å². The molecule has 12 heteroatoms. The molecule has 0 saturated carbocycles. The minimum absolute atomic E-state index is 0.208. The molecule has 3 N–H and O–H groups in total. The highest BCUT2D eigenvalue weighted by molar-refractivity contribution is 5.97. The highest BCUT2D eigenvalue weighted by Crippen LogP contribution is 2.55. The summed E-state index contributed by atoms with van der Waals surface area (Å²) >= 11 is 0. The first kappa shape index (κ1) is 22.9. The van der Waals surface area contributed by atoms with E-state index in [1.807, 2.05) is 0 Å². The summed E-state index contributed by atoms with van der Waals surface area (Å²) in [6, 6.07) is 2.32. The van der Waals surface area contributed by atoms with Crippen molar-refractivity contribution in [1.82, 2.24) is 4.98 Å². The van der Waals surface area contributed by atoms with Gasteiger partial charge in [0.05, 0.1) is 8.48 Å².